The van der Waals surface area contributed by atoms with Gasteiger partial charge < -0.3 is 20.6 Å². The number of nitrogens with two attached hydrogens (primary N) is 1. The van der Waals surface area contributed by atoms with Crippen molar-refractivity contribution in [1.29, 1.82) is 0 Å². The van der Waals surface area contributed by atoms with E-state index in [0.29, 0.717) is 22.0 Å². The van der Waals surface area contributed by atoms with Crippen LogP contribution in [-0.2, 0) is 9.63 Å². The number of amides is 1. The molecule has 7 heteroatoms. The summed E-state index contributed by atoms with van der Waals surface area (Å²) < 4.78 is 5.04. The van der Waals surface area contributed by atoms with Crippen LogP contribution >= 0.6 is 11.6 Å². The first kappa shape index (κ1) is 16.6. The molecule has 1 amide bonds. The van der Waals surface area contributed by atoms with Gasteiger partial charge in [0.1, 0.15) is 5.75 Å². The number of rotatable bonds is 6. The summed E-state index contributed by atoms with van der Waals surface area (Å²) in [6, 6.07) is 13.8. The van der Waals surface area contributed by atoms with Crippen LogP contribution in [0, 0.1) is 0 Å². The molecule has 0 saturated carbocycles. The number of carbonyl (C=O) groups is 1. The first-order valence-corrected chi connectivity index (χ1v) is 7.11. The number of nitrogens with one attached hydrogen (secondary N) is 1. The second-order valence-corrected chi connectivity index (χ2v) is 4.97. The zero-order valence-corrected chi connectivity index (χ0v) is 13.2. The Hall–Kier alpha value is -2.73. The Balaban J connectivity index is 1.85. The van der Waals surface area contributed by atoms with Crippen molar-refractivity contribution >= 4 is 29.0 Å². The Morgan fingerprint density at radius 3 is 2.65 bits per heavy atom. The van der Waals surface area contributed by atoms with Crippen LogP contribution < -0.4 is 15.8 Å². The monoisotopic (exact) mass is 333 g/mol. The summed E-state index contributed by atoms with van der Waals surface area (Å²) in [5.74, 6) is 0.501. The minimum Gasteiger partial charge on any atom is -0.497 e. The molecule has 0 heterocycles. The molecule has 2 aromatic rings. The SMILES string of the molecule is COc1ccc(NC(=O)CO/N=C(/N)c2cccc(Cl)c2)cc1. The van der Waals surface area contributed by atoms with E-state index in [1.165, 1.54) is 0 Å². The molecule has 0 aromatic heterocycles. The molecule has 2 aromatic carbocycles. The number of benzene rings is 2. The Kier molecular flexibility index (Phi) is 5.82. The number of nitrogens with zero attached hydrogens (tertiary/aromatic N) is 1. The molecule has 0 saturated heterocycles. The van der Waals surface area contributed by atoms with Gasteiger partial charge in [-0.25, -0.2) is 0 Å². The maximum atomic E-state index is 11.7. The topological polar surface area (TPSA) is 85.9 Å². The lowest BCUT2D eigenvalue weighted by molar-refractivity contribution is -0.120. The summed E-state index contributed by atoms with van der Waals surface area (Å²) in [6.07, 6.45) is 0. The third kappa shape index (κ3) is 5.19. The standard InChI is InChI=1S/C16H16ClN3O3/c1-22-14-7-5-13(6-8-14)19-15(21)10-23-20-16(18)11-3-2-4-12(17)9-11/h2-9H,10H2,1H3,(H2,18,20)(H,19,21). The van der Waals surface area contributed by atoms with Crippen molar-refractivity contribution in [2.45, 2.75) is 0 Å². The predicted molar refractivity (Wildman–Crippen MR) is 89.8 cm³/mol. The number of ether oxygens (including phenoxy) is 1. The second kappa shape index (κ2) is 8.05. The highest BCUT2D eigenvalue weighted by molar-refractivity contribution is 6.31. The number of oxime groups is 1. The van der Waals surface area contributed by atoms with Gasteiger partial charge in [-0.3, -0.25) is 4.79 Å². The predicted octanol–water partition coefficient (Wildman–Crippen LogP) is 2.62. The third-order valence-corrected chi connectivity index (χ3v) is 3.09. The highest BCUT2D eigenvalue weighted by atomic mass is 35.5. The molecule has 2 rings (SSSR count). The van der Waals surface area contributed by atoms with E-state index in [0.717, 1.165) is 0 Å². The molecular weight excluding hydrogens is 318 g/mol. The fraction of sp³-hybridized carbons (Fsp3) is 0.125. The quantitative estimate of drug-likeness (QED) is 0.483. The lowest BCUT2D eigenvalue weighted by atomic mass is 10.2. The van der Waals surface area contributed by atoms with E-state index in [1.807, 2.05) is 0 Å². The Labute approximate surface area is 138 Å². The number of amidine groups is 1. The van der Waals surface area contributed by atoms with Gasteiger partial charge in [0, 0.05) is 16.3 Å². The van der Waals surface area contributed by atoms with Crippen LogP contribution in [0.3, 0.4) is 0 Å². The van der Waals surface area contributed by atoms with Crippen molar-refractivity contribution in [3.05, 3.63) is 59.1 Å². The van der Waals surface area contributed by atoms with Crippen LogP contribution in [0.25, 0.3) is 0 Å². The first-order chi connectivity index (χ1) is 11.1. The fourth-order valence-electron chi connectivity index (χ4n) is 1.73. The molecule has 0 unspecified atom stereocenters. The number of carbonyl (C=O) groups excluding carboxylic acids is 1. The molecule has 0 bridgehead atoms. The van der Waals surface area contributed by atoms with Gasteiger partial charge in [0.05, 0.1) is 7.11 Å². The summed E-state index contributed by atoms with van der Waals surface area (Å²) in [4.78, 5) is 16.7. The summed E-state index contributed by atoms with van der Waals surface area (Å²) in [6.45, 7) is -0.257. The Morgan fingerprint density at radius 1 is 1.26 bits per heavy atom. The van der Waals surface area contributed by atoms with E-state index in [2.05, 4.69) is 10.5 Å². The Bertz CT molecular complexity index is 702. The molecule has 0 fully saturated rings. The molecule has 6 nitrogen and oxygen atoms in total. The molecule has 120 valence electrons. The molecule has 0 aliphatic heterocycles. The lowest BCUT2D eigenvalue weighted by Crippen LogP contribution is -2.19. The minimum atomic E-state index is -0.349. The van der Waals surface area contributed by atoms with Crippen molar-refractivity contribution in [3.63, 3.8) is 0 Å². The average molecular weight is 334 g/mol. The number of hydrogen-bond donors (Lipinski definition) is 2. The minimum absolute atomic E-state index is 0.143. The van der Waals surface area contributed by atoms with Gasteiger partial charge in [-0.15, -0.1) is 0 Å². The van der Waals surface area contributed by atoms with Crippen LogP contribution in [0.15, 0.2) is 53.7 Å². The van der Waals surface area contributed by atoms with Gasteiger partial charge in [-0.05, 0) is 36.4 Å². The summed E-state index contributed by atoms with van der Waals surface area (Å²) >= 11 is 5.86. The van der Waals surface area contributed by atoms with E-state index in [4.69, 9.17) is 26.9 Å². The smallest absolute Gasteiger partial charge is 0.265 e. The van der Waals surface area contributed by atoms with Gasteiger partial charge in [0.15, 0.2) is 12.4 Å². The number of methoxy groups -OCH3 is 1. The maximum Gasteiger partial charge on any atom is 0.265 e. The fourth-order valence-corrected chi connectivity index (χ4v) is 1.92. The van der Waals surface area contributed by atoms with E-state index >= 15 is 0 Å². The van der Waals surface area contributed by atoms with Crippen LogP contribution in [0.2, 0.25) is 5.02 Å². The lowest BCUT2D eigenvalue weighted by Gasteiger charge is -2.06. The zero-order chi connectivity index (χ0) is 16.7. The van der Waals surface area contributed by atoms with Gasteiger partial charge in [0.2, 0.25) is 0 Å². The van der Waals surface area contributed by atoms with E-state index < -0.39 is 0 Å². The average Bonchev–Trinajstić information content (AvgIpc) is 2.55. The normalized spacial score (nSPS) is 11.0. The van der Waals surface area contributed by atoms with Gasteiger partial charge in [-0.2, -0.15) is 0 Å². The van der Waals surface area contributed by atoms with Gasteiger partial charge in [0.25, 0.3) is 5.91 Å². The molecular formula is C16H16ClN3O3. The van der Waals surface area contributed by atoms with Gasteiger partial charge in [-0.1, -0.05) is 28.9 Å². The number of hydrogen-bond acceptors (Lipinski definition) is 4. The van der Waals surface area contributed by atoms with E-state index in [9.17, 15) is 4.79 Å². The van der Waals surface area contributed by atoms with E-state index in [-0.39, 0.29) is 18.3 Å². The Morgan fingerprint density at radius 2 is 2.00 bits per heavy atom. The van der Waals surface area contributed by atoms with Crippen LogP contribution in [0.4, 0.5) is 5.69 Å². The van der Waals surface area contributed by atoms with E-state index in [1.54, 1.807) is 55.6 Å². The molecule has 3 N–H and O–H groups in total. The summed E-state index contributed by atoms with van der Waals surface area (Å²) in [5, 5.41) is 6.90. The van der Waals surface area contributed by atoms with Crippen LogP contribution in [0.5, 0.6) is 5.75 Å². The second-order valence-electron chi connectivity index (χ2n) is 4.54. The number of anilines is 1. The highest BCUT2D eigenvalue weighted by Gasteiger charge is 2.04. The number of halogens is 1. The third-order valence-electron chi connectivity index (χ3n) is 2.85. The molecule has 0 aliphatic rings. The van der Waals surface area contributed by atoms with Crippen molar-refractivity contribution in [2.75, 3.05) is 19.0 Å². The van der Waals surface area contributed by atoms with Gasteiger partial charge >= 0.3 is 0 Å². The van der Waals surface area contributed by atoms with Crippen molar-refractivity contribution in [3.8, 4) is 5.75 Å². The van der Waals surface area contributed by atoms with Crippen molar-refractivity contribution in [1.82, 2.24) is 0 Å². The highest BCUT2D eigenvalue weighted by Crippen LogP contribution is 2.14. The summed E-state index contributed by atoms with van der Waals surface area (Å²) in [5.41, 5.74) is 7.00. The molecule has 0 aliphatic carbocycles. The maximum absolute atomic E-state index is 11.7. The summed E-state index contributed by atoms with van der Waals surface area (Å²) in [7, 11) is 1.57. The zero-order valence-electron chi connectivity index (χ0n) is 12.5. The van der Waals surface area contributed by atoms with Crippen molar-refractivity contribution < 1.29 is 14.4 Å². The van der Waals surface area contributed by atoms with Crippen LogP contribution in [0.1, 0.15) is 5.56 Å². The molecule has 0 radical (unpaired) electrons. The van der Waals surface area contributed by atoms with Crippen LogP contribution in [-0.4, -0.2) is 25.5 Å². The van der Waals surface area contributed by atoms with Crippen molar-refractivity contribution in [2.24, 2.45) is 10.9 Å². The molecule has 23 heavy (non-hydrogen) atoms. The first-order valence-electron chi connectivity index (χ1n) is 6.74. The molecule has 0 spiro atoms. The molecule has 0 atom stereocenters. The largest absolute Gasteiger partial charge is 0.497 e.